The van der Waals surface area contributed by atoms with Crippen molar-refractivity contribution in [2.24, 2.45) is 10.9 Å². The van der Waals surface area contributed by atoms with Gasteiger partial charge in [0.25, 0.3) is 5.69 Å². The van der Waals surface area contributed by atoms with Crippen LogP contribution in [0.1, 0.15) is 30.0 Å². The van der Waals surface area contributed by atoms with Crippen molar-refractivity contribution in [3.05, 3.63) is 73.2 Å². The van der Waals surface area contributed by atoms with E-state index in [1.165, 1.54) is 6.07 Å². The van der Waals surface area contributed by atoms with E-state index in [0.29, 0.717) is 33.3 Å². The first-order chi connectivity index (χ1) is 11.8. The van der Waals surface area contributed by atoms with Crippen LogP contribution in [-0.2, 0) is 17.0 Å². The van der Waals surface area contributed by atoms with Crippen molar-refractivity contribution in [2.45, 2.75) is 25.5 Å². The van der Waals surface area contributed by atoms with Crippen molar-refractivity contribution >= 4 is 34.6 Å². The van der Waals surface area contributed by atoms with E-state index in [1.807, 2.05) is 6.92 Å². The van der Waals surface area contributed by atoms with Gasteiger partial charge in [-0.3, -0.25) is 10.1 Å². The molecule has 1 unspecified atom stereocenters. The molecular formula is C17H15Cl2N3O3. The summed E-state index contributed by atoms with van der Waals surface area (Å²) in [7, 11) is 0. The fraction of sp³-hybridized carbons (Fsp3) is 0.235. The topological polar surface area (TPSA) is 90.8 Å². The summed E-state index contributed by atoms with van der Waals surface area (Å²) in [4.78, 5) is 16.4. The van der Waals surface area contributed by atoms with Crippen LogP contribution >= 0.6 is 23.2 Å². The molecule has 2 aromatic rings. The van der Waals surface area contributed by atoms with E-state index in [2.05, 4.69) is 5.16 Å². The summed E-state index contributed by atoms with van der Waals surface area (Å²) >= 11 is 12.1. The molecule has 25 heavy (non-hydrogen) atoms. The Hall–Kier alpha value is -2.15. The number of nitro groups is 1. The minimum absolute atomic E-state index is 0.0258. The highest BCUT2D eigenvalue weighted by Gasteiger charge is 2.37. The second kappa shape index (κ2) is 6.63. The molecule has 0 saturated carbocycles. The highest BCUT2D eigenvalue weighted by atomic mass is 35.5. The molecule has 6 nitrogen and oxygen atoms in total. The molecule has 0 spiro atoms. The Balaban J connectivity index is 1.92. The molecule has 1 aliphatic rings. The molecule has 1 heterocycles. The lowest BCUT2D eigenvalue weighted by Crippen LogP contribution is -2.22. The molecule has 1 atom stereocenters. The predicted molar refractivity (Wildman–Crippen MR) is 97.0 cm³/mol. The molecule has 1 aliphatic heterocycles. The van der Waals surface area contributed by atoms with Crippen molar-refractivity contribution < 1.29 is 9.76 Å². The van der Waals surface area contributed by atoms with E-state index in [0.717, 1.165) is 5.56 Å². The first kappa shape index (κ1) is 17.7. The molecule has 2 N–H and O–H groups in total. The molecule has 0 bridgehead atoms. The number of hydrogen-bond donors (Lipinski definition) is 1. The third-order valence-corrected chi connectivity index (χ3v) is 4.61. The van der Waals surface area contributed by atoms with Crippen LogP contribution in [0.5, 0.6) is 0 Å². The van der Waals surface area contributed by atoms with Gasteiger partial charge in [-0.05, 0) is 25.1 Å². The van der Waals surface area contributed by atoms with E-state index in [1.54, 1.807) is 30.3 Å². The van der Waals surface area contributed by atoms with Crippen molar-refractivity contribution in [3.63, 3.8) is 0 Å². The minimum Gasteiger partial charge on any atom is -0.384 e. The monoisotopic (exact) mass is 379 g/mol. The van der Waals surface area contributed by atoms with Gasteiger partial charge in [-0.25, -0.2) is 0 Å². The van der Waals surface area contributed by atoms with Crippen molar-refractivity contribution in [3.8, 4) is 0 Å². The number of nitrogens with zero attached hydrogens (tertiary/aromatic N) is 2. The first-order valence-electron chi connectivity index (χ1n) is 7.52. The molecule has 0 aromatic heterocycles. The fourth-order valence-electron chi connectivity index (χ4n) is 2.79. The van der Waals surface area contributed by atoms with Crippen LogP contribution in [0.3, 0.4) is 0 Å². The Kier molecular flexibility index (Phi) is 4.69. The number of rotatable bonds is 4. The average Bonchev–Trinajstić information content (AvgIpc) is 2.97. The van der Waals surface area contributed by atoms with Crippen LogP contribution in [0.4, 0.5) is 5.69 Å². The van der Waals surface area contributed by atoms with E-state index in [-0.39, 0.29) is 12.2 Å². The highest BCUT2D eigenvalue weighted by molar-refractivity contribution is 6.34. The lowest BCUT2D eigenvalue weighted by atomic mass is 9.89. The van der Waals surface area contributed by atoms with Crippen molar-refractivity contribution in [2.75, 3.05) is 0 Å². The van der Waals surface area contributed by atoms with E-state index in [4.69, 9.17) is 33.8 Å². The zero-order valence-electron chi connectivity index (χ0n) is 13.3. The van der Waals surface area contributed by atoms with Gasteiger partial charge in [0.1, 0.15) is 0 Å². The Bertz CT molecular complexity index is 865. The van der Waals surface area contributed by atoms with Crippen LogP contribution in [0.2, 0.25) is 10.0 Å². The van der Waals surface area contributed by atoms with E-state index >= 15 is 0 Å². The molecule has 0 saturated heterocycles. The smallest absolute Gasteiger partial charge is 0.274 e. The molecule has 8 heteroatoms. The molecule has 0 amide bonds. The van der Waals surface area contributed by atoms with Gasteiger partial charge in [0.2, 0.25) is 0 Å². The lowest BCUT2D eigenvalue weighted by Gasteiger charge is -2.22. The summed E-state index contributed by atoms with van der Waals surface area (Å²) in [6, 6.07) is 10.1. The van der Waals surface area contributed by atoms with Crippen LogP contribution in [0, 0.1) is 10.1 Å². The molecule has 0 fully saturated rings. The number of oxime groups is 1. The van der Waals surface area contributed by atoms with E-state index in [9.17, 15) is 10.1 Å². The van der Waals surface area contributed by atoms with Gasteiger partial charge >= 0.3 is 0 Å². The summed E-state index contributed by atoms with van der Waals surface area (Å²) < 4.78 is 0. The Morgan fingerprint density at radius 3 is 2.56 bits per heavy atom. The predicted octanol–water partition coefficient (Wildman–Crippen LogP) is 4.40. The zero-order chi connectivity index (χ0) is 18.2. The second-order valence-electron chi connectivity index (χ2n) is 6.00. The average molecular weight is 380 g/mol. The summed E-state index contributed by atoms with van der Waals surface area (Å²) in [6.45, 7) is 1.96. The van der Waals surface area contributed by atoms with Crippen LogP contribution < -0.4 is 5.73 Å². The number of benzene rings is 2. The SMILES string of the molecule is CC1(c2cc(Cl)cc(Cl)c2)CC(c2ccc(CN)c([N+](=O)[O-])c2)=NO1. The van der Waals surface area contributed by atoms with Gasteiger partial charge in [-0.2, -0.15) is 0 Å². The third kappa shape index (κ3) is 3.46. The van der Waals surface area contributed by atoms with E-state index < -0.39 is 10.5 Å². The standard InChI is InChI=1S/C17H15Cl2N3O3/c1-17(12-5-13(18)7-14(19)6-12)8-15(21-25-17)10-2-3-11(9-20)16(4-10)22(23)24/h2-7H,8-9,20H2,1H3. The Morgan fingerprint density at radius 1 is 1.28 bits per heavy atom. The first-order valence-corrected chi connectivity index (χ1v) is 8.27. The molecule has 3 rings (SSSR count). The Morgan fingerprint density at radius 2 is 1.96 bits per heavy atom. The maximum absolute atomic E-state index is 11.2. The number of hydrogen-bond acceptors (Lipinski definition) is 5. The Labute approximate surface area is 154 Å². The summed E-state index contributed by atoms with van der Waals surface area (Å²) in [5.41, 5.74) is 7.28. The van der Waals surface area contributed by atoms with Crippen LogP contribution in [0.15, 0.2) is 41.6 Å². The lowest BCUT2D eigenvalue weighted by molar-refractivity contribution is -0.385. The minimum atomic E-state index is -0.745. The highest BCUT2D eigenvalue weighted by Crippen LogP contribution is 2.38. The fourth-order valence-corrected chi connectivity index (χ4v) is 3.32. The molecule has 0 aliphatic carbocycles. The third-order valence-electron chi connectivity index (χ3n) is 4.17. The summed E-state index contributed by atoms with van der Waals surface area (Å²) in [5, 5.41) is 16.4. The van der Waals surface area contributed by atoms with Gasteiger partial charge < -0.3 is 10.6 Å². The van der Waals surface area contributed by atoms with Gasteiger partial charge in [-0.1, -0.05) is 40.5 Å². The zero-order valence-corrected chi connectivity index (χ0v) is 14.8. The second-order valence-corrected chi connectivity index (χ2v) is 6.87. The maximum Gasteiger partial charge on any atom is 0.274 e. The van der Waals surface area contributed by atoms with Gasteiger partial charge in [0.05, 0.1) is 10.6 Å². The van der Waals surface area contributed by atoms with Gasteiger partial charge in [-0.15, -0.1) is 0 Å². The largest absolute Gasteiger partial charge is 0.384 e. The summed E-state index contributed by atoms with van der Waals surface area (Å²) in [5.74, 6) is 0. The van der Waals surface area contributed by atoms with Crippen LogP contribution in [-0.4, -0.2) is 10.6 Å². The van der Waals surface area contributed by atoms with Crippen molar-refractivity contribution in [1.29, 1.82) is 0 Å². The molecular weight excluding hydrogens is 365 g/mol. The van der Waals surface area contributed by atoms with Gasteiger partial charge in [0, 0.05) is 45.8 Å². The van der Waals surface area contributed by atoms with Crippen molar-refractivity contribution in [1.82, 2.24) is 0 Å². The normalized spacial score (nSPS) is 19.4. The number of nitrogens with two attached hydrogens (primary N) is 1. The molecule has 0 radical (unpaired) electrons. The van der Waals surface area contributed by atoms with Gasteiger partial charge in [0.15, 0.2) is 5.60 Å². The van der Waals surface area contributed by atoms with Crippen LogP contribution in [0.25, 0.3) is 0 Å². The number of nitro benzene ring substituents is 1. The molecule has 2 aromatic carbocycles. The number of halogens is 2. The maximum atomic E-state index is 11.2. The molecule has 130 valence electrons. The quantitative estimate of drug-likeness (QED) is 0.629. The summed E-state index contributed by atoms with van der Waals surface area (Å²) in [6.07, 6.45) is 0.433.